The van der Waals surface area contributed by atoms with Crippen molar-refractivity contribution in [2.75, 3.05) is 6.61 Å². The molecule has 3 N–H and O–H groups in total. The molecule has 0 saturated carbocycles. The quantitative estimate of drug-likeness (QED) is 0.760. The lowest BCUT2D eigenvalue weighted by Gasteiger charge is -2.26. The first-order valence-electron chi connectivity index (χ1n) is 7.89. The van der Waals surface area contributed by atoms with Gasteiger partial charge in [-0.05, 0) is 24.0 Å². The van der Waals surface area contributed by atoms with Crippen molar-refractivity contribution < 1.29 is 23.0 Å². The molecule has 0 saturated heterocycles. The Morgan fingerprint density at radius 1 is 1.33 bits per heavy atom. The Kier molecular flexibility index (Phi) is 7.41. The number of nitrogens with one attached hydrogen (secondary N) is 1. The van der Waals surface area contributed by atoms with Crippen LogP contribution in [0.1, 0.15) is 39.7 Å². The van der Waals surface area contributed by atoms with E-state index in [1.54, 1.807) is 12.1 Å². The predicted molar refractivity (Wildman–Crippen MR) is 88.1 cm³/mol. The molecular weight excluding hydrogens is 318 g/mol. The number of amides is 1. The molecule has 0 radical (unpaired) electrons. The molecule has 1 aromatic carbocycles. The first-order chi connectivity index (χ1) is 11.1. The summed E-state index contributed by atoms with van der Waals surface area (Å²) in [5.74, 6) is 0.0639. The Morgan fingerprint density at radius 3 is 2.54 bits per heavy atom. The standard InChI is InChI=1S/C17H26F2N2O3/c1-5-8-23-12-7-6-11(13(9-12)24-16(18)19)10-21-15(22)14(20)17(2,3)4/h6-7,9,14,16H,5,8,10,20H2,1-4H3,(H,21,22)/t14-/m1/s1. The molecule has 0 spiro atoms. The van der Waals surface area contributed by atoms with E-state index in [4.69, 9.17) is 10.5 Å². The molecule has 1 amide bonds. The highest BCUT2D eigenvalue weighted by molar-refractivity contribution is 5.82. The van der Waals surface area contributed by atoms with Gasteiger partial charge in [-0.2, -0.15) is 8.78 Å². The average Bonchev–Trinajstić information content (AvgIpc) is 2.49. The summed E-state index contributed by atoms with van der Waals surface area (Å²) in [5, 5.41) is 2.65. The van der Waals surface area contributed by atoms with Gasteiger partial charge in [0, 0.05) is 18.2 Å². The summed E-state index contributed by atoms with van der Waals surface area (Å²) >= 11 is 0. The minimum absolute atomic E-state index is 0.0248. The van der Waals surface area contributed by atoms with E-state index >= 15 is 0 Å². The fourth-order valence-electron chi connectivity index (χ4n) is 1.88. The Hall–Kier alpha value is -1.89. The molecule has 0 aliphatic carbocycles. The van der Waals surface area contributed by atoms with Crippen LogP contribution in [-0.2, 0) is 11.3 Å². The van der Waals surface area contributed by atoms with Gasteiger partial charge < -0.3 is 20.5 Å². The third kappa shape index (κ3) is 6.31. The lowest BCUT2D eigenvalue weighted by atomic mass is 9.87. The van der Waals surface area contributed by atoms with Gasteiger partial charge in [0.2, 0.25) is 5.91 Å². The predicted octanol–water partition coefficient (Wildman–Crippen LogP) is 3.07. The second-order valence-electron chi connectivity index (χ2n) is 6.56. The van der Waals surface area contributed by atoms with Crippen molar-refractivity contribution in [3.05, 3.63) is 23.8 Å². The molecule has 0 bridgehead atoms. The van der Waals surface area contributed by atoms with Crippen molar-refractivity contribution in [2.24, 2.45) is 11.1 Å². The van der Waals surface area contributed by atoms with Crippen molar-refractivity contribution in [2.45, 2.75) is 53.3 Å². The normalized spacial score (nSPS) is 12.8. The molecule has 0 aliphatic heterocycles. The summed E-state index contributed by atoms with van der Waals surface area (Å²) in [6, 6.07) is 3.93. The molecule has 0 heterocycles. The molecule has 0 unspecified atom stereocenters. The summed E-state index contributed by atoms with van der Waals surface area (Å²) in [5.41, 5.74) is 5.90. The third-order valence-electron chi connectivity index (χ3n) is 3.40. The number of halogens is 2. The van der Waals surface area contributed by atoms with Crippen molar-refractivity contribution in [1.82, 2.24) is 5.32 Å². The number of nitrogens with two attached hydrogens (primary N) is 1. The Morgan fingerprint density at radius 2 is 2.00 bits per heavy atom. The van der Waals surface area contributed by atoms with E-state index in [0.717, 1.165) is 6.42 Å². The largest absolute Gasteiger partial charge is 0.493 e. The number of rotatable bonds is 8. The van der Waals surface area contributed by atoms with Crippen LogP contribution in [0.15, 0.2) is 18.2 Å². The first kappa shape index (κ1) is 20.2. The molecule has 136 valence electrons. The molecule has 1 atom stereocenters. The summed E-state index contributed by atoms with van der Waals surface area (Å²) in [6.07, 6.45) is 0.799. The monoisotopic (exact) mass is 344 g/mol. The van der Waals surface area contributed by atoms with Crippen LogP contribution in [0.25, 0.3) is 0 Å². The maximum Gasteiger partial charge on any atom is 0.387 e. The number of alkyl halides is 2. The number of hydrogen-bond acceptors (Lipinski definition) is 4. The fraction of sp³-hybridized carbons (Fsp3) is 0.588. The second-order valence-corrected chi connectivity index (χ2v) is 6.56. The molecule has 5 nitrogen and oxygen atoms in total. The van der Waals surface area contributed by atoms with Gasteiger partial charge in [-0.3, -0.25) is 4.79 Å². The van der Waals surface area contributed by atoms with Crippen LogP contribution in [0.3, 0.4) is 0 Å². The minimum atomic E-state index is -2.96. The second kappa shape index (κ2) is 8.82. The summed E-state index contributed by atoms with van der Waals surface area (Å²) in [4.78, 5) is 12.1. The van der Waals surface area contributed by atoms with Gasteiger partial charge in [-0.1, -0.05) is 27.7 Å². The van der Waals surface area contributed by atoms with E-state index in [-0.39, 0.29) is 18.2 Å². The van der Waals surface area contributed by atoms with Gasteiger partial charge in [0.1, 0.15) is 11.5 Å². The summed E-state index contributed by atoms with van der Waals surface area (Å²) in [7, 11) is 0. The topological polar surface area (TPSA) is 73.6 Å². The number of benzene rings is 1. The van der Waals surface area contributed by atoms with E-state index in [9.17, 15) is 13.6 Å². The van der Waals surface area contributed by atoms with Crippen molar-refractivity contribution >= 4 is 5.91 Å². The van der Waals surface area contributed by atoms with Crippen molar-refractivity contribution in [3.8, 4) is 11.5 Å². The van der Waals surface area contributed by atoms with Crippen molar-refractivity contribution in [3.63, 3.8) is 0 Å². The van der Waals surface area contributed by atoms with E-state index in [0.29, 0.717) is 17.9 Å². The maximum atomic E-state index is 12.6. The highest BCUT2D eigenvalue weighted by Gasteiger charge is 2.27. The van der Waals surface area contributed by atoms with Crippen LogP contribution >= 0.6 is 0 Å². The Bertz CT molecular complexity index is 545. The van der Waals surface area contributed by atoms with Gasteiger partial charge in [0.25, 0.3) is 0 Å². The van der Waals surface area contributed by atoms with E-state index in [2.05, 4.69) is 10.1 Å². The molecule has 24 heavy (non-hydrogen) atoms. The average molecular weight is 344 g/mol. The smallest absolute Gasteiger partial charge is 0.387 e. The number of ether oxygens (including phenoxy) is 2. The number of carbonyl (C=O) groups is 1. The van der Waals surface area contributed by atoms with Crippen LogP contribution in [0.2, 0.25) is 0 Å². The summed E-state index contributed by atoms with van der Waals surface area (Å²) < 4.78 is 35.1. The SMILES string of the molecule is CCCOc1ccc(CNC(=O)[C@@H](N)C(C)(C)C)c(OC(F)F)c1. The molecule has 1 aromatic rings. The molecule has 0 fully saturated rings. The highest BCUT2D eigenvalue weighted by atomic mass is 19.3. The van der Waals surface area contributed by atoms with E-state index < -0.39 is 18.1 Å². The lowest BCUT2D eigenvalue weighted by molar-refractivity contribution is -0.124. The Labute approximate surface area is 141 Å². The van der Waals surface area contributed by atoms with Gasteiger partial charge >= 0.3 is 6.61 Å². The first-order valence-corrected chi connectivity index (χ1v) is 7.89. The van der Waals surface area contributed by atoms with E-state index in [1.807, 2.05) is 27.7 Å². The van der Waals surface area contributed by atoms with Gasteiger partial charge in [0.05, 0.1) is 12.6 Å². The zero-order valence-corrected chi connectivity index (χ0v) is 14.6. The fourth-order valence-corrected chi connectivity index (χ4v) is 1.88. The van der Waals surface area contributed by atoms with E-state index in [1.165, 1.54) is 6.07 Å². The Balaban J connectivity index is 2.83. The maximum absolute atomic E-state index is 12.6. The zero-order chi connectivity index (χ0) is 18.3. The highest BCUT2D eigenvalue weighted by Crippen LogP contribution is 2.27. The number of hydrogen-bond donors (Lipinski definition) is 2. The third-order valence-corrected chi connectivity index (χ3v) is 3.40. The lowest BCUT2D eigenvalue weighted by Crippen LogP contribution is -2.48. The molecule has 1 rings (SSSR count). The van der Waals surface area contributed by atoms with Crippen LogP contribution < -0.4 is 20.5 Å². The van der Waals surface area contributed by atoms with Crippen LogP contribution in [-0.4, -0.2) is 25.2 Å². The zero-order valence-electron chi connectivity index (χ0n) is 14.6. The minimum Gasteiger partial charge on any atom is -0.493 e. The van der Waals surface area contributed by atoms with Crippen LogP contribution in [0.5, 0.6) is 11.5 Å². The number of carbonyl (C=O) groups excluding carboxylic acids is 1. The molecule has 0 aromatic heterocycles. The molecule has 0 aliphatic rings. The van der Waals surface area contributed by atoms with Gasteiger partial charge in [0.15, 0.2) is 0 Å². The van der Waals surface area contributed by atoms with Gasteiger partial charge in [-0.25, -0.2) is 0 Å². The summed E-state index contributed by atoms with van der Waals surface area (Å²) in [6.45, 7) is 5.05. The van der Waals surface area contributed by atoms with Crippen molar-refractivity contribution in [1.29, 1.82) is 0 Å². The van der Waals surface area contributed by atoms with Gasteiger partial charge in [-0.15, -0.1) is 0 Å². The molecular formula is C17H26F2N2O3. The van der Waals surface area contributed by atoms with Crippen LogP contribution in [0, 0.1) is 5.41 Å². The molecule has 7 heteroatoms. The van der Waals surface area contributed by atoms with Crippen LogP contribution in [0.4, 0.5) is 8.78 Å².